The summed E-state index contributed by atoms with van der Waals surface area (Å²) in [6, 6.07) is 1.99. The summed E-state index contributed by atoms with van der Waals surface area (Å²) < 4.78 is 7.30. The van der Waals surface area contributed by atoms with Crippen LogP contribution in [0.5, 0.6) is 5.75 Å². The molecular formula is C15H23N5O. The summed E-state index contributed by atoms with van der Waals surface area (Å²) in [5.41, 5.74) is 7.93. The van der Waals surface area contributed by atoms with Gasteiger partial charge >= 0.3 is 0 Å². The highest BCUT2D eigenvalue weighted by atomic mass is 16.5. The lowest BCUT2D eigenvalue weighted by molar-refractivity contribution is 0.405. The van der Waals surface area contributed by atoms with E-state index in [1.165, 1.54) is 0 Å². The van der Waals surface area contributed by atoms with Crippen LogP contribution >= 0.6 is 0 Å². The highest BCUT2D eigenvalue weighted by Crippen LogP contribution is 2.27. The summed E-state index contributed by atoms with van der Waals surface area (Å²) in [7, 11) is 3.60. The lowest BCUT2D eigenvalue weighted by Crippen LogP contribution is -2.31. The molecule has 21 heavy (non-hydrogen) atoms. The van der Waals surface area contributed by atoms with Gasteiger partial charge in [0.1, 0.15) is 5.75 Å². The Labute approximate surface area is 125 Å². The van der Waals surface area contributed by atoms with E-state index in [1.54, 1.807) is 7.11 Å². The van der Waals surface area contributed by atoms with E-state index in [-0.39, 0.29) is 6.04 Å². The van der Waals surface area contributed by atoms with E-state index in [2.05, 4.69) is 15.5 Å². The van der Waals surface area contributed by atoms with Crippen LogP contribution in [0.3, 0.4) is 0 Å². The normalized spacial score (nSPS) is 12.5. The fourth-order valence-electron chi connectivity index (χ4n) is 2.68. The number of methoxy groups -OCH3 is 1. The Bertz CT molecular complexity index is 635. The second kappa shape index (κ2) is 6.24. The van der Waals surface area contributed by atoms with E-state index >= 15 is 0 Å². The molecule has 2 aromatic heterocycles. The van der Waals surface area contributed by atoms with Gasteiger partial charge in [0, 0.05) is 36.5 Å². The van der Waals surface area contributed by atoms with Crippen molar-refractivity contribution in [2.75, 3.05) is 7.11 Å². The Balaban J connectivity index is 2.33. The van der Waals surface area contributed by atoms with Crippen molar-refractivity contribution >= 4 is 0 Å². The van der Waals surface area contributed by atoms with Crippen molar-refractivity contribution in [2.24, 2.45) is 12.9 Å². The topological polar surface area (TPSA) is 78.0 Å². The largest absolute Gasteiger partial charge is 0.496 e. The van der Waals surface area contributed by atoms with Gasteiger partial charge in [0.05, 0.1) is 24.5 Å². The van der Waals surface area contributed by atoms with Gasteiger partial charge in [-0.1, -0.05) is 0 Å². The van der Waals surface area contributed by atoms with Crippen LogP contribution in [-0.4, -0.2) is 21.9 Å². The highest BCUT2D eigenvalue weighted by Gasteiger charge is 2.19. The van der Waals surface area contributed by atoms with Gasteiger partial charge in [0.25, 0.3) is 0 Å². The van der Waals surface area contributed by atoms with Gasteiger partial charge in [-0.15, -0.1) is 0 Å². The summed E-state index contributed by atoms with van der Waals surface area (Å²) in [5.74, 6) is 6.62. The van der Waals surface area contributed by atoms with Gasteiger partial charge in [-0.2, -0.15) is 5.10 Å². The Hall–Kier alpha value is -1.92. The van der Waals surface area contributed by atoms with Crippen molar-refractivity contribution in [3.05, 3.63) is 40.5 Å². The number of ether oxygens (including phenoxy) is 1. The number of rotatable bonds is 5. The van der Waals surface area contributed by atoms with E-state index in [1.807, 2.05) is 44.8 Å². The average Bonchev–Trinajstić information content (AvgIpc) is 2.77. The van der Waals surface area contributed by atoms with E-state index in [0.29, 0.717) is 6.42 Å². The molecule has 0 spiro atoms. The van der Waals surface area contributed by atoms with E-state index < -0.39 is 0 Å². The van der Waals surface area contributed by atoms with Gasteiger partial charge in [0.2, 0.25) is 0 Å². The van der Waals surface area contributed by atoms with Gasteiger partial charge in [-0.05, 0) is 26.8 Å². The third-order valence-corrected chi connectivity index (χ3v) is 3.74. The predicted molar refractivity (Wildman–Crippen MR) is 82.0 cm³/mol. The van der Waals surface area contributed by atoms with Gasteiger partial charge < -0.3 is 4.74 Å². The molecule has 2 rings (SSSR count). The van der Waals surface area contributed by atoms with Gasteiger partial charge in [-0.3, -0.25) is 20.9 Å². The van der Waals surface area contributed by atoms with Crippen molar-refractivity contribution in [2.45, 2.75) is 33.2 Å². The minimum absolute atomic E-state index is 0.0465. The van der Waals surface area contributed by atoms with E-state index in [9.17, 15) is 0 Å². The zero-order valence-corrected chi connectivity index (χ0v) is 13.3. The summed E-state index contributed by atoms with van der Waals surface area (Å²) in [6.07, 6.45) is 2.52. The van der Waals surface area contributed by atoms with Crippen LogP contribution in [0.4, 0.5) is 0 Å². The first-order valence-electron chi connectivity index (χ1n) is 6.93. The zero-order valence-electron chi connectivity index (χ0n) is 13.3. The Morgan fingerprint density at radius 1 is 1.38 bits per heavy atom. The molecule has 1 unspecified atom stereocenters. The Morgan fingerprint density at radius 2 is 2.10 bits per heavy atom. The number of hydrazine groups is 1. The van der Waals surface area contributed by atoms with Crippen molar-refractivity contribution in [1.29, 1.82) is 0 Å². The fraction of sp³-hybridized carbons (Fsp3) is 0.467. The SMILES string of the molecule is COc1c(C)cnc(CC(NN)c2cc(C)nn2C)c1C. The number of nitrogens with one attached hydrogen (secondary N) is 1. The molecule has 6 heteroatoms. The van der Waals surface area contributed by atoms with E-state index in [4.69, 9.17) is 10.6 Å². The highest BCUT2D eigenvalue weighted by molar-refractivity contribution is 5.41. The molecule has 114 valence electrons. The third kappa shape index (κ3) is 3.06. The number of nitrogens with zero attached hydrogens (tertiary/aromatic N) is 3. The second-order valence-electron chi connectivity index (χ2n) is 5.30. The van der Waals surface area contributed by atoms with E-state index in [0.717, 1.165) is 34.0 Å². The summed E-state index contributed by atoms with van der Waals surface area (Å²) in [4.78, 5) is 4.53. The smallest absolute Gasteiger partial charge is 0.128 e. The standard InChI is InChI=1S/C15H23N5O/c1-9-8-17-12(11(3)15(9)21-5)7-13(18-16)14-6-10(2)19-20(14)4/h6,8,13,18H,7,16H2,1-5H3. The molecule has 0 saturated heterocycles. The van der Waals surface area contributed by atoms with Crippen LogP contribution < -0.4 is 16.0 Å². The number of aryl methyl sites for hydroxylation is 3. The fourth-order valence-corrected chi connectivity index (χ4v) is 2.68. The summed E-state index contributed by atoms with van der Waals surface area (Å²) >= 11 is 0. The predicted octanol–water partition coefficient (Wildman–Crippen LogP) is 1.50. The minimum atomic E-state index is -0.0465. The first-order valence-corrected chi connectivity index (χ1v) is 6.93. The maximum atomic E-state index is 5.73. The number of aromatic nitrogens is 3. The summed E-state index contributed by atoms with van der Waals surface area (Å²) in [6.45, 7) is 5.98. The molecule has 0 amide bonds. The van der Waals surface area contributed by atoms with Crippen LogP contribution in [0.25, 0.3) is 0 Å². The number of hydrogen-bond donors (Lipinski definition) is 2. The number of nitrogens with two attached hydrogens (primary N) is 1. The monoisotopic (exact) mass is 289 g/mol. The molecular weight excluding hydrogens is 266 g/mol. The molecule has 1 atom stereocenters. The lowest BCUT2D eigenvalue weighted by atomic mass is 10.0. The molecule has 0 aliphatic carbocycles. The van der Waals surface area contributed by atoms with Crippen LogP contribution in [0.1, 0.15) is 34.3 Å². The van der Waals surface area contributed by atoms with Gasteiger partial charge in [0.15, 0.2) is 0 Å². The maximum Gasteiger partial charge on any atom is 0.128 e. The van der Waals surface area contributed by atoms with Crippen LogP contribution in [0.15, 0.2) is 12.3 Å². The molecule has 0 saturated carbocycles. The molecule has 6 nitrogen and oxygen atoms in total. The molecule has 0 aromatic carbocycles. The molecule has 0 aliphatic heterocycles. The van der Waals surface area contributed by atoms with Crippen LogP contribution in [0, 0.1) is 20.8 Å². The molecule has 3 N–H and O–H groups in total. The molecule has 2 aromatic rings. The van der Waals surface area contributed by atoms with Crippen molar-refractivity contribution in [1.82, 2.24) is 20.2 Å². The van der Waals surface area contributed by atoms with Crippen molar-refractivity contribution in [3.8, 4) is 5.75 Å². The maximum absolute atomic E-state index is 5.73. The Kier molecular flexibility index (Phi) is 4.59. The first-order chi connectivity index (χ1) is 9.97. The van der Waals surface area contributed by atoms with Crippen molar-refractivity contribution in [3.63, 3.8) is 0 Å². The number of hydrogen-bond acceptors (Lipinski definition) is 5. The summed E-state index contributed by atoms with van der Waals surface area (Å²) in [5, 5.41) is 4.37. The number of pyridine rings is 1. The van der Waals surface area contributed by atoms with Crippen LogP contribution in [0.2, 0.25) is 0 Å². The van der Waals surface area contributed by atoms with Crippen molar-refractivity contribution < 1.29 is 4.74 Å². The quantitative estimate of drug-likeness (QED) is 0.644. The average molecular weight is 289 g/mol. The van der Waals surface area contributed by atoms with Crippen LogP contribution in [-0.2, 0) is 13.5 Å². The second-order valence-corrected chi connectivity index (χ2v) is 5.30. The third-order valence-electron chi connectivity index (χ3n) is 3.74. The molecule has 0 radical (unpaired) electrons. The Morgan fingerprint density at radius 3 is 2.62 bits per heavy atom. The first kappa shape index (κ1) is 15.5. The molecule has 0 aliphatic rings. The minimum Gasteiger partial charge on any atom is -0.496 e. The lowest BCUT2D eigenvalue weighted by Gasteiger charge is -2.18. The molecule has 2 heterocycles. The van der Waals surface area contributed by atoms with Gasteiger partial charge in [-0.25, -0.2) is 0 Å². The molecule has 0 bridgehead atoms. The molecule has 0 fully saturated rings. The zero-order chi connectivity index (χ0) is 15.6.